The standard InChI is InChI=1S/C30H34FN2O2/c1-9-24(34)35-23-17-32-26-21(31)13-12-14-22(26)33-27(32)25-19(23)15-18(28(4,5)6)16-20(25)29(7,10-2)30(33,8)11-3/h9,12-17H,1,10-11H2,2-8H3/q+1. The van der Waals surface area contributed by atoms with Crippen LogP contribution < -0.4 is 9.14 Å². The van der Waals surface area contributed by atoms with Gasteiger partial charge in [-0.05, 0) is 54.5 Å². The average molecular weight is 474 g/mol. The van der Waals surface area contributed by atoms with Gasteiger partial charge in [-0.2, -0.15) is 4.40 Å². The Kier molecular flexibility index (Phi) is 4.97. The van der Waals surface area contributed by atoms with Gasteiger partial charge >= 0.3 is 5.97 Å². The number of aromatic nitrogens is 2. The Morgan fingerprint density at radius 1 is 1.20 bits per heavy atom. The lowest BCUT2D eigenvalue weighted by Gasteiger charge is -2.47. The van der Waals surface area contributed by atoms with Gasteiger partial charge in [0.1, 0.15) is 11.7 Å². The van der Waals surface area contributed by atoms with Crippen LogP contribution in [0.2, 0.25) is 0 Å². The van der Waals surface area contributed by atoms with Crippen molar-refractivity contribution in [3.8, 4) is 5.75 Å². The van der Waals surface area contributed by atoms with Gasteiger partial charge in [0.15, 0.2) is 17.1 Å². The van der Waals surface area contributed by atoms with Crippen LogP contribution in [0.25, 0.3) is 27.5 Å². The Labute approximate surface area is 206 Å². The second kappa shape index (κ2) is 7.39. The first-order valence-corrected chi connectivity index (χ1v) is 12.4. The van der Waals surface area contributed by atoms with Crippen LogP contribution in [0.15, 0.2) is 49.2 Å². The molecule has 0 aliphatic carbocycles. The highest BCUT2D eigenvalue weighted by Gasteiger charge is 2.55. The van der Waals surface area contributed by atoms with Crippen molar-refractivity contribution in [3.63, 3.8) is 0 Å². The van der Waals surface area contributed by atoms with E-state index in [4.69, 9.17) is 4.74 Å². The van der Waals surface area contributed by atoms with Crippen molar-refractivity contribution in [3.05, 3.63) is 66.1 Å². The maximum absolute atomic E-state index is 15.4. The summed E-state index contributed by atoms with van der Waals surface area (Å²) in [5.74, 6) is -0.425. The van der Waals surface area contributed by atoms with E-state index in [9.17, 15) is 4.79 Å². The molecule has 5 rings (SSSR count). The number of carbonyl (C=O) groups excluding carboxylic acids is 1. The second-order valence-corrected chi connectivity index (χ2v) is 11.3. The highest BCUT2D eigenvalue weighted by atomic mass is 19.1. The third-order valence-electron chi connectivity index (χ3n) is 8.68. The third-order valence-corrected chi connectivity index (χ3v) is 8.68. The van der Waals surface area contributed by atoms with Crippen molar-refractivity contribution in [2.45, 2.75) is 77.7 Å². The van der Waals surface area contributed by atoms with Crippen LogP contribution in [-0.4, -0.2) is 10.5 Å². The molecule has 5 heteroatoms. The number of fused-ring (bicyclic) bond motifs is 3. The largest absolute Gasteiger partial charge is 0.419 e. The molecule has 0 N–H and O–H groups in total. The zero-order chi connectivity index (χ0) is 25.5. The molecule has 1 aliphatic rings. The number of ether oxygens (including phenoxy) is 1. The Morgan fingerprint density at radius 3 is 2.51 bits per heavy atom. The lowest BCUT2D eigenvalue weighted by molar-refractivity contribution is -0.483. The van der Waals surface area contributed by atoms with E-state index in [0.29, 0.717) is 11.3 Å². The molecule has 0 amide bonds. The van der Waals surface area contributed by atoms with Crippen molar-refractivity contribution in [2.75, 3.05) is 0 Å². The molecule has 4 nitrogen and oxygen atoms in total. The number of hydrogen-bond acceptors (Lipinski definition) is 2. The van der Waals surface area contributed by atoms with E-state index in [1.54, 1.807) is 12.3 Å². The van der Waals surface area contributed by atoms with Crippen LogP contribution in [0.5, 0.6) is 5.75 Å². The topological polar surface area (TPSA) is 35.3 Å². The van der Waals surface area contributed by atoms with Crippen LogP contribution in [0.3, 0.4) is 0 Å². The fourth-order valence-corrected chi connectivity index (χ4v) is 6.13. The molecule has 35 heavy (non-hydrogen) atoms. The number of nitrogens with zero attached hydrogens (tertiary/aromatic N) is 2. The molecule has 3 heterocycles. The van der Waals surface area contributed by atoms with Crippen LogP contribution in [0, 0.1) is 5.82 Å². The molecule has 2 aromatic carbocycles. The van der Waals surface area contributed by atoms with E-state index in [0.717, 1.165) is 40.9 Å². The predicted octanol–water partition coefficient (Wildman–Crippen LogP) is 6.87. The van der Waals surface area contributed by atoms with Gasteiger partial charge < -0.3 is 4.74 Å². The molecule has 0 fully saturated rings. The van der Waals surface area contributed by atoms with E-state index in [1.807, 2.05) is 10.5 Å². The molecular formula is C30H34FN2O2+. The minimum absolute atomic E-state index is 0.111. The third kappa shape index (κ3) is 2.90. The van der Waals surface area contributed by atoms with Crippen LogP contribution in [0.4, 0.5) is 4.39 Å². The molecule has 4 aromatic rings. The number of halogens is 1. The summed E-state index contributed by atoms with van der Waals surface area (Å²) in [4.78, 5) is 12.4. The predicted molar refractivity (Wildman–Crippen MR) is 139 cm³/mol. The highest BCUT2D eigenvalue weighted by molar-refractivity contribution is 6.04. The van der Waals surface area contributed by atoms with Gasteiger partial charge in [-0.1, -0.05) is 60.3 Å². The van der Waals surface area contributed by atoms with E-state index in [2.05, 4.69) is 71.7 Å². The van der Waals surface area contributed by atoms with Gasteiger partial charge in [-0.15, -0.1) is 0 Å². The number of pyridine rings is 1. The normalized spacial score (nSPS) is 21.8. The van der Waals surface area contributed by atoms with E-state index in [-0.39, 0.29) is 22.2 Å². The Morgan fingerprint density at radius 2 is 1.91 bits per heavy atom. The van der Waals surface area contributed by atoms with Gasteiger partial charge in [0, 0.05) is 16.9 Å². The highest BCUT2D eigenvalue weighted by Crippen LogP contribution is 2.54. The van der Waals surface area contributed by atoms with E-state index < -0.39 is 5.97 Å². The maximum atomic E-state index is 15.4. The molecule has 0 saturated carbocycles. The summed E-state index contributed by atoms with van der Waals surface area (Å²) >= 11 is 0. The van der Waals surface area contributed by atoms with Gasteiger partial charge in [-0.25, -0.2) is 13.8 Å². The second-order valence-electron chi connectivity index (χ2n) is 11.3. The lowest BCUT2D eigenvalue weighted by atomic mass is 9.61. The van der Waals surface area contributed by atoms with E-state index >= 15 is 4.39 Å². The quantitative estimate of drug-likeness (QED) is 0.184. The SMILES string of the molecule is C=CC(=O)Oc1c[n+]2c3c(F)cccc3n3c2c2c(cc(C(C)(C)C)cc12)C(C)(CC)C3(C)CC. The minimum Gasteiger partial charge on any atom is -0.419 e. The van der Waals surface area contributed by atoms with Crippen LogP contribution in [0.1, 0.15) is 72.4 Å². The monoisotopic (exact) mass is 473 g/mol. The summed E-state index contributed by atoms with van der Waals surface area (Å²) in [5, 5.41) is 1.88. The summed E-state index contributed by atoms with van der Waals surface area (Å²) in [6.07, 6.45) is 4.70. The Balaban J connectivity index is 2.14. The maximum Gasteiger partial charge on any atom is 0.335 e. The number of imidazole rings is 1. The lowest BCUT2D eigenvalue weighted by Crippen LogP contribution is -2.51. The fourth-order valence-electron chi connectivity index (χ4n) is 6.13. The number of rotatable bonds is 4. The Bertz CT molecular complexity index is 1560. The molecule has 0 spiro atoms. The van der Waals surface area contributed by atoms with Crippen molar-refractivity contribution >= 4 is 33.4 Å². The van der Waals surface area contributed by atoms with Crippen LogP contribution in [-0.2, 0) is 21.2 Å². The first-order chi connectivity index (χ1) is 16.4. The molecule has 0 radical (unpaired) electrons. The first kappa shape index (κ1) is 23.5. The molecule has 2 unspecified atom stereocenters. The van der Waals surface area contributed by atoms with Crippen molar-refractivity contribution in [1.82, 2.24) is 4.57 Å². The van der Waals surface area contributed by atoms with Crippen LogP contribution >= 0.6 is 0 Å². The first-order valence-electron chi connectivity index (χ1n) is 12.4. The van der Waals surface area contributed by atoms with Crippen molar-refractivity contribution < 1.29 is 18.3 Å². The van der Waals surface area contributed by atoms with Crippen molar-refractivity contribution in [2.24, 2.45) is 0 Å². The summed E-state index contributed by atoms with van der Waals surface area (Å²) in [6, 6.07) is 9.71. The van der Waals surface area contributed by atoms with Gasteiger partial charge in [0.05, 0.1) is 5.39 Å². The van der Waals surface area contributed by atoms with Gasteiger partial charge in [0.25, 0.3) is 5.65 Å². The summed E-state index contributed by atoms with van der Waals surface area (Å²) in [7, 11) is 0. The smallest absolute Gasteiger partial charge is 0.335 e. The summed E-state index contributed by atoms with van der Waals surface area (Å²) in [6.45, 7) is 19.2. The zero-order valence-electron chi connectivity index (χ0n) is 21.8. The van der Waals surface area contributed by atoms with E-state index in [1.165, 1.54) is 17.2 Å². The average Bonchev–Trinajstić information content (AvgIpc) is 3.17. The number of carbonyl (C=O) groups is 1. The minimum atomic E-state index is -0.535. The molecule has 182 valence electrons. The van der Waals surface area contributed by atoms with Crippen molar-refractivity contribution in [1.29, 1.82) is 0 Å². The number of benzene rings is 2. The summed E-state index contributed by atoms with van der Waals surface area (Å²) < 4.78 is 25.4. The van der Waals surface area contributed by atoms with Gasteiger partial charge in [0.2, 0.25) is 5.52 Å². The summed E-state index contributed by atoms with van der Waals surface area (Å²) in [5.41, 5.74) is 3.99. The van der Waals surface area contributed by atoms with Gasteiger partial charge in [-0.3, -0.25) is 0 Å². The molecule has 2 aromatic heterocycles. The molecule has 0 saturated heterocycles. The zero-order valence-corrected chi connectivity index (χ0v) is 21.8. The number of para-hydroxylation sites is 1. The molecule has 2 atom stereocenters. The Hall–Kier alpha value is -3.21. The molecule has 0 bridgehead atoms. The molecular weight excluding hydrogens is 439 g/mol. The number of esters is 1. The number of hydrogen-bond donors (Lipinski definition) is 0. The molecule has 1 aliphatic heterocycles. The fraction of sp³-hybridized carbons (Fsp3) is 0.400.